The number of aryl methyl sites for hydroxylation is 2. The number of hydrogen-bond donors (Lipinski definition) is 2. The molecule has 1 amide bonds. The lowest BCUT2D eigenvalue weighted by molar-refractivity contribution is -0.126. The molecule has 1 unspecified atom stereocenters. The van der Waals surface area contributed by atoms with E-state index < -0.39 is 10.0 Å². The van der Waals surface area contributed by atoms with E-state index in [0.29, 0.717) is 43.9 Å². The monoisotopic (exact) mass is 415 g/mol. The van der Waals surface area contributed by atoms with Crippen molar-refractivity contribution >= 4 is 28.3 Å². The fourth-order valence-electron chi connectivity index (χ4n) is 3.72. The summed E-state index contributed by atoms with van der Waals surface area (Å²) in [5.74, 6) is 0.144. The zero-order chi connectivity index (χ0) is 18.7. The van der Waals surface area contributed by atoms with Crippen LogP contribution in [0, 0.1) is 11.8 Å². The molecule has 1 fully saturated rings. The molecule has 1 atom stereocenters. The second kappa shape index (κ2) is 9.37. The van der Waals surface area contributed by atoms with Gasteiger partial charge >= 0.3 is 0 Å². The summed E-state index contributed by atoms with van der Waals surface area (Å²) in [5.41, 5.74) is 8.00. The average Bonchev–Trinajstić information content (AvgIpc) is 3.13. The molecular formula is C19H30ClN3O3S. The Morgan fingerprint density at radius 3 is 2.59 bits per heavy atom. The van der Waals surface area contributed by atoms with Gasteiger partial charge in [0, 0.05) is 25.6 Å². The van der Waals surface area contributed by atoms with Crippen LogP contribution in [0.15, 0.2) is 23.1 Å². The molecule has 152 valence electrons. The van der Waals surface area contributed by atoms with Crippen LogP contribution >= 0.6 is 12.4 Å². The third-order valence-corrected chi connectivity index (χ3v) is 7.45. The van der Waals surface area contributed by atoms with E-state index in [1.807, 2.05) is 19.1 Å². The number of nitrogens with two attached hydrogens (primary N) is 1. The number of sulfonamides is 1. The van der Waals surface area contributed by atoms with Crippen molar-refractivity contribution in [3.05, 3.63) is 29.3 Å². The number of benzene rings is 1. The number of hydrogen-bond acceptors (Lipinski definition) is 4. The molecule has 0 radical (unpaired) electrons. The molecule has 1 heterocycles. The standard InChI is InChI=1S/C19H29N3O3S.ClH/c1-14(12-20)13-21-19(23)16-7-9-22(10-8-16)26(24,25)18-6-5-15-3-2-4-17(15)11-18;/h5-6,11,14,16H,2-4,7-10,12-13,20H2,1H3,(H,21,23);1H. The SMILES string of the molecule is CC(CN)CNC(=O)C1CCN(S(=O)(=O)c2ccc3c(c2)CCC3)CC1.Cl. The lowest BCUT2D eigenvalue weighted by Crippen LogP contribution is -2.44. The number of halogens is 1. The van der Waals surface area contributed by atoms with Crippen LogP contribution in [0.1, 0.15) is 37.3 Å². The molecule has 2 aliphatic rings. The first-order valence-electron chi connectivity index (χ1n) is 9.51. The van der Waals surface area contributed by atoms with Crippen molar-refractivity contribution in [3.63, 3.8) is 0 Å². The topological polar surface area (TPSA) is 92.5 Å². The lowest BCUT2D eigenvalue weighted by atomic mass is 9.97. The first-order valence-corrected chi connectivity index (χ1v) is 11.0. The highest BCUT2D eigenvalue weighted by Gasteiger charge is 2.32. The molecule has 3 N–H and O–H groups in total. The molecule has 1 aromatic rings. The van der Waals surface area contributed by atoms with Crippen molar-refractivity contribution in [3.8, 4) is 0 Å². The van der Waals surface area contributed by atoms with Gasteiger partial charge in [0.1, 0.15) is 0 Å². The van der Waals surface area contributed by atoms with Crippen molar-refractivity contribution in [2.24, 2.45) is 17.6 Å². The van der Waals surface area contributed by atoms with Crippen LogP contribution in [0.2, 0.25) is 0 Å². The maximum Gasteiger partial charge on any atom is 0.243 e. The molecule has 1 aliphatic heterocycles. The summed E-state index contributed by atoms with van der Waals surface area (Å²) >= 11 is 0. The van der Waals surface area contributed by atoms with Gasteiger partial charge in [0.05, 0.1) is 4.90 Å². The van der Waals surface area contributed by atoms with Gasteiger partial charge < -0.3 is 11.1 Å². The van der Waals surface area contributed by atoms with Crippen LogP contribution in [-0.2, 0) is 27.7 Å². The maximum absolute atomic E-state index is 12.9. The van der Waals surface area contributed by atoms with Gasteiger partial charge in [-0.25, -0.2) is 8.42 Å². The predicted octanol–water partition coefficient (Wildman–Crippen LogP) is 1.71. The minimum atomic E-state index is -3.48. The summed E-state index contributed by atoms with van der Waals surface area (Å²) in [6.07, 6.45) is 4.23. The molecule has 27 heavy (non-hydrogen) atoms. The Morgan fingerprint density at radius 2 is 1.93 bits per heavy atom. The highest BCUT2D eigenvalue weighted by atomic mass is 35.5. The number of carbonyl (C=O) groups is 1. The zero-order valence-corrected chi connectivity index (χ0v) is 17.4. The normalized spacial score (nSPS) is 19.2. The summed E-state index contributed by atoms with van der Waals surface area (Å²) in [4.78, 5) is 12.6. The first kappa shape index (κ1) is 22.1. The third kappa shape index (κ3) is 5.02. The van der Waals surface area contributed by atoms with Crippen LogP contribution in [0.5, 0.6) is 0 Å². The molecule has 1 aliphatic carbocycles. The van der Waals surface area contributed by atoms with Gasteiger partial charge in [-0.1, -0.05) is 13.0 Å². The molecule has 3 rings (SSSR count). The van der Waals surface area contributed by atoms with Crippen molar-refractivity contribution in [1.82, 2.24) is 9.62 Å². The molecule has 0 saturated carbocycles. The number of piperidine rings is 1. The predicted molar refractivity (Wildman–Crippen MR) is 108 cm³/mol. The second-order valence-corrected chi connectivity index (χ2v) is 9.49. The zero-order valence-electron chi connectivity index (χ0n) is 15.8. The van der Waals surface area contributed by atoms with Gasteiger partial charge in [0.2, 0.25) is 15.9 Å². The Bertz CT molecular complexity index is 761. The first-order chi connectivity index (χ1) is 12.4. The van der Waals surface area contributed by atoms with Gasteiger partial charge in [0.25, 0.3) is 0 Å². The molecule has 0 spiro atoms. The molecule has 1 aromatic carbocycles. The summed E-state index contributed by atoms with van der Waals surface area (Å²) in [5, 5.41) is 2.93. The van der Waals surface area contributed by atoms with Crippen molar-refractivity contribution in [2.45, 2.75) is 43.9 Å². The van der Waals surface area contributed by atoms with E-state index in [9.17, 15) is 13.2 Å². The molecule has 6 nitrogen and oxygen atoms in total. The third-order valence-electron chi connectivity index (χ3n) is 5.56. The Hall–Kier alpha value is -1.15. The van der Waals surface area contributed by atoms with Crippen molar-refractivity contribution < 1.29 is 13.2 Å². The molecule has 0 bridgehead atoms. The average molecular weight is 416 g/mol. The van der Waals surface area contributed by atoms with E-state index in [4.69, 9.17) is 5.73 Å². The molecule has 0 aromatic heterocycles. The Kier molecular flexibility index (Phi) is 7.68. The van der Waals surface area contributed by atoms with E-state index in [0.717, 1.165) is 24.8 Å². The number of rotatable bonds is 6. The maximum atomic E-state index is 12.9. The van der Waals surface area contributed by atoms with Gasteiger partial charge in [-0.3, -0.25) is 4.79 Å². The van der Waals surface area contributed by atoms with E-state index in [-0.39, 0.29) is 30.2 Å². The van der Waals surface area contributed by atoms with E-state index in [2.05, 4.69) is 5.32 Å². The smallest absolute Gasteiger partial charge is 0.243 e. The minimum Gasteiger partial charge on any atom is -0.356 e. The fourth-order valence-corrected chi connectivity index (χ4v) is 5.24. The van der Waals surface area contributed by atoms with Crippen LogP contribution in [0.25, 0.3) is 0 Å². The largest absolute Gasteiger partial charge is 0.356 e. The molecule has 8 heteroatoms. The summed E-state index contributed by atoms with van der Waals surface area (Å²) < 4.78 is 27.4. The van der Waals surface area contributed by atoms with Gasteiger partial charge in [-0.15, -0.1) is 12.4 Å². The molecular weight excluding hydrogens is 386 g/mol. The van der Waals surface area contributed by atoms with Crippen LogP contribution in [0.4, 0.5) is 0 Å². The number of fused-ring (bicyclic) bond motifs is 1. The minimum absolute atomic E-state index is 0. The van der Waals surface area contributed by atoms with Crippen LogP contribution in [0.3, 0.4) is 0 Å². The Labute approximate surface area is 168 Å². The molecule has 1 saturated heterocycles. The van der Waals surface area contributed by atoms with Gasteiger partial charge in [-0.2, -0.15) is 4.31 Å². The van der Waals surface area contributed by atoms with Crippen LogP contribution < -0.4 is 11.1 Å². The Balaban J connectivity index is 0.00000261. The summed E-state index contributed by atoms with van der Waals surface area (Å²) in [7, 11) is -3.48. The lowest BCUT2D eigenvalue weighted by Gasteiger charge is -2.30. The number of nitrogens with one attached hydrogen (secondary N) is 1. The highest BCUT2D eigenvalue weighted by Crippen LogP contribution is 2.28. The quantitative estimate of drug-likeness (QED) is 0.739. The van der Waals surface area contributed by atoms with Gasteiger partial charge in [0.15, 0.2) is 0 Å². The van der Waals surface area contributed by atoms with Crippen molar-refractivity contribution in [2.75, 3.05) is 26.2 Å². The summed E-state index contributed by atoms with van der Waals surface area (Å²) in [6, 6.07) is 5.52. The number of nitrogens with zero attached hydrogens (tertiary/aromatic N) is 1. The fraction of sp³-hybridized carbons (Fsp3) is 0.632. The number of amides is 1. The Morgan fingerprint density at radius 1 is 1.26 bits per heavy atom. The van der Waals surface area contributed by atoms with Gasteiger partial charge in [-0.05, 0) is 67.8 Å². The van der Waals surface area contributed by atoms with E-state index in [1.165, 1.54) is 9.87 Å². The summed E-state index contributed by atoms with van der Waals surface area (Å²) in [6.45, 7) is 3.89. The van der Waals surface area contributed by atoms with E-state index in [1.54, 1.807) is 6.07 Å². The highest BCUT2D eigenvalue weighted by molar-refractivity contribution is 7.89. The number of carbonyl (C=O) groups excluding carboxylic acids is 1. The second-order valence-electron chi connectivity index (χ2n) is 7.55. The van der Waals surface area contributed by atoms with Crippen molar-refractivity contribution in [1.29, 1.82) is 0 Å². The van der Waals surface area contributed by atoms with Crippen LogP contribution in [-0.4, -0.2) is 44.8 Å². The van der Waals surface area contributed by atoms with E-state index >= 15 is 0 Å².